The normalized spacial score (nSPS) is 16.3. The molecule has 0 unspecified atom stereocenters. The van der Waals surface area contributed by atoms with Gasteiger partial charge >= 0.3 is 0 Å². The summed E-state index contributed by atoms with van der Waals surface area (Å²) >= 11 is 6.28. The summed E-state index contributed by atoms with van der Waals surface area (Å²) in [6.07, 6.45) is 2.05. The van der Waals surface area contributed by atoms with E-state index in [1.807, 2.05) is 54.2 Å². The molecule has 1 atom stereocenters. The number of carbonyl (C=O) groups is 1. The summed E-state index contributed by atoms with van der Waals surface area (Å²) in [6, 6.07) is 12.9. The lowest BCUT2D eigenvalue weighted by Crippen LogP contribution is -2.37. The second-order valence-corrected chi connectivity index (χ2v) is 7.49. The third-order valence-corrected chi connectivity index (χ3v) is 5.12. The van der Waals surface area contributed by atoms with Crippen LogP contribution in [0, 0.1) is 0 Å². The van der Waals surface area contributed by atoms with E-state index in [2.05, 4.69) is 0 Å². The van der Waals surface area contributed by atoms with Gasteiger partial charge in [-0.05, 0) is 48.7 Å². The first-order chi connectivity index (χ1) is 13.0. The zero-order valence-corrected chi connectivity index (χ0v) is 16.6. The molecule has 0 spiro atoms. The Labute approximate surface area is 165 Å². The molecule has 0 aromatic heterocycles. The Morgan fingerprint density at radius 1 is 1.26 bits per heavy atom. The predicted molar refractivity (Wildman–Crippen MR) is 110 cm³/mol. The van der Waals surface area contributed by atoms with Crippen molar-refractivity contribution in [1.29, 1.82) is 0 Å². The highest BCUT2D eigenvalue weighted by atomic mass is 35.5. The number of rotatable bonds is 6. The maximum absolute atomic E-state index is 13.3. The van der Waals surface area contributed by atoms with Gasteiger partial charge in [-0.2, -0.15) is 0 Å². The second-order valence-electron chi connectivity index (χ2n) is 7.08. The average molecular weight is 388 g/mol. The molecule has 1 aliphatic heterocycles. The van der Waals surface area contributed by atoms with Crippen LogP contribution in [0.15, 0.2) is 42.5 Å². The van der Waals surface area contributed by atoms with Gasteiger partial charge in [0.05, 0.1) is 16.7 Å². The Hall–Kier alpha value is -2.24. The van der Waals surface area contributed by atoms with Crippen molar-refractivity contribution in [2.24, 2.45) is 0 Å². The van der Waals surface area contributed by atoms with Gasteiger partial charge in [0.2, 0.25) is 0 Å². The molecule has 1 heterocycles. The van der Waals surface area contributed by atoms with Gasteiger partial charge in [-0.3, -0.25) is 4.79 Å². The van der Waals surface area contributed by atoms with Gasteiger partial charge in [0.1, 0.15) is 0 Å². The van der Waals surface area contributed by atoms with Crippen LogP contribution < -0.4 is 10.6 Å². The highest BCUT2D eigenvalue weighted by molar-refractivity contribution is 6.33. The van der Waals surface area contributed by atoms with Crippen molar-refractivity contribution in [1.82, 2.24) is 4.90 Å². The maximum Gasteiger partial charge on any atom is 0.255 e. The zero-order valence-electron chi connectivity index (χ0n) is 15.8. The number of nitrogen functional groups attached to an aromatic ring is 1. The number of ether oxygens (including phenoxy) is 1. The molecular weight excluding hydrogens is 362 g/mol. The van der Waals surface area contributed by atoms with Crippen LogP contribution in [0.1, 0.15) is 28.8 Å². The number of amides is 1. The highest BCUT2D eigenvalue weighted by Gasteiger charge is 2.25. The van der Waals surface area contributed by atoms with Gasteiger partial charge in [-0.1, -0.05) is 23.7 Å². The largest absolute Gasteiger partial charge is 0.399 e. The number of hydrogen-bond acceptors (Lipinski definition) is 4. The van der Waals surface area contributed by atoms with E-state index in [0.29, 0.717) is 29.4 Å². The van der Waals surface area contributed by atoms with Gasteiger partial charge in [0.15, 0.2) is 0 Å². The number of anilines is 2. The maximum atomic E-state index is 13.3. The first-order valence-corrected chi connectivity index (χ1v) is 9.54. The molecule has 6 heteroatoms. The molecule has 27 heavy (non-hydrogen) atoms. The molecule has 0 saturated carbocycles. The van der Waals surface area contributed by atoms with Crippen LogP contribution in [0.2, 0.25) is 5.02 Å². The zero-order chi connectivity index (χ0) is 19.4. The monoisotopic (exact) mass is 387 g/mol. The molecule has 0 aliphatic carbocycles. The molecule has 1 aliphatic rings. The van der Waals surface area contributed by atoms with Crippen molar-refractivity contribution in [3.05, 3.63) is 58.6 Å². The van der Waals surface area contributed by atoms with Crippen LogP contribution in [-0.2, 0) is 11.3 Å². The van der Waals surface area contributed by atoms with Crippen molar-refractivity contribution >= 4 is 28.9 Å². The Balaban J connectivity index is 1.92. The van der Waals surface area contributed by atoms with Crippen LogP contribution in [0.25, 0.3) is 0 Å². The summed E-state index contributed by atoms with van der Waals surface area (Å²) in [5.74, 6) is -0.0942. The predicted octanol–water partition coefficient (Wildman–Crippen LogP) is 3.81. The van der Waals surface area contributed by atoms with Crippen molar-refractivity contribution in [2.45, 2.75) is 25.5 Å². The third kappa shape index (κ3) is 4.73. The minimum atomic E-state index is -0.0942. The molecule has 1 fully saturated rings. The fraction of sp³-hybridized carbons (Fsp3) is 0.381. The summed E-state index contributed by atoms with van der Waals surface area (Å²) in [7, 11) is 3.96. The summed E-state index contributed by atoms with van der Waals surface area (Å²) < 4.78 is 5.78. The molecule has 2 aromatic rings. The van der Waals surface area contributed by atoms with Crippen LogP contribution in [-0.4, -0.2) is 44.2 Å². The summed E-state index contributed by atoms with van der Waals surface area (Å²) in [6.45, 7) is 1.73. The first kappa shape index (κ1) is 19.5. The molecule has 144 valence electrons. The number of carbonyl (C=O) groups excluding carboxylic acids is 1. The van der Waals surface area contributed by atoms with Gasteiger partial charge in [0.25, 0.3) is 5.91 Å². The van der Waals surface area contributed by atoms with E-state index < -0.39 is 0 Å². The van der Waals surface area contributed by atoms with Crippen LogP contribution in [0.4, 0.5) is 11.4 Å². The summed E-state index contributed by atoms with van der Waals surface area (Å²) in [5, 5.41) is 0.459. The SMILES string of the molecule is CN(C)c1ccc(N)cc1CN(C[C@@H]1CCCO1)C(=O)c1ccccc1Cl. The number of hydrogen-bond donors (Lipinski definition) is 1. The Bertz CT molecular complexity index is 804. The van der Waals surface area contributed by atoms with Crippen LogP contribution in [0.5, 0.6) is 0 Å². The molecule has 2 N–H and O–H groups in total. The second kappa shape index (κ2) is 8.63. The van der Waals surface area contributed by atoms with E-state index in [1.165, 1.54) is 0 Å². The molecule has 0 bridgehead atoms. The smallest absolute Gasteiger partial charge is 0.255 e. The first-order valence-electron chi connectivity index (χ1n) is 9.17. The van der Waals surface area contributed by atoms with E-state index in [4.69, 9.17) is 22.1 Å². The highest BCUT2D eigenvalue weighted by Crippen LogP contribution is 2.26. The lowest BCUT2D eigenvalue weighted by atomic mass is 10.1. The van der Waals surface area contributed by atoms with Crippen molar-refractivity contribution < 1.29 is 9.53 Å². The lowest BCUT2D eigenvalue weighted by Gasteiger charge is -2.28. The molecule has 1 amide bonds. The number of halogens is 1. The van der Waals surface area contributed by atoms with E-state index in [1.54, 1.807) is 12.1 Å². The van der Waals surface area contributed by atoms with Crippen LogP contribution in [0.3, 0.4) is 0 Å². The van der Waals surface area contributed by atoms with Crippen molar-refractivity contribution in [3.8, 4) is 0 Å². The quantitative estimate of drug-likeness (QED) is 0.766. The van der Waals surface area contributed by atoms with Crippen LogP contribution >= 0.6 is 11.6 Å². The number of nitrogens with zero attached hydrogens (tertiary/aromatic N) is 2. The Morgan fingerprint density at radius 3 is 2.70 bits per heavy atom. The van der Waals surface area contributed by atoms with E-state index in [0.717, 1.165) is 30.7 Å². The van der Waals surface area contributed by atoms with E-state index >= 15 is 0 Å². The van der Waals surface area contributed by atoms with Gasteiger partial charge in [-0.25, -0.2) is 0 Å². The molecule has 2 aromatic carbocycles. The fourth-order valence-corrected chi connectivity index (χ4v) is 3.65. The van der Waals surface area contributed by atoms with E-state index in [9.17, 15) is 4.79 Å². The standard InChI is InChI=1S/C21H26ClN3O2/c1-24(2)20-10-9-16(23)12-15(20)13-25(14-17-6-5-11-27-17)21(26)18-7-3-4-8-19(18)22/h3-4,7-10,12,17H,5-6,11,13-14,23H2,1-2H3/t17-/m0/s1. The summed E-state index contributed by atoms with van der Waals surface area (Å²) in [5.41, 5.74) is 9.23. The average Bonchev–Trinajstić information content (AvgIpc) is 3.14. The molecule has 5 nitrogen and oxygen atoms in total. The fourth-order valence-electron chi connectivity index (χ4n) is 3.43. The van der Waals surface area contributed by atoms with Gasteiger partial charge in [-0.15, -0.1) is 0 Å². The number of benzene rings is 2. The van der Waals surface area contributed by atoms with Crippen molar-refractivity contribution in [3.63, 3.8) is 0 Å². The Morgan fingerprint density at radius 2 is 2.04 bits per heavy atom. The van der Waals surface area contributed by atoms with Crippen molar-refractivity contribution in [2.75, 3.05) is 37.9 Å². The Kier molecular flexibility index (Phi) is 6.24. The topological polar surface area (TPSA) is 58.8 Å². The van der Waals surface area contributed by atoms with Gasteiger partial charge in [0, 0.05) is 45.2 Å². The minimum absolute atomic E-state index is 0.0558. The number of nitrogens with two attached hydrogens (primary N) is 1. The van der Waals surface area contributed by atoms with Gasteiger partial charge < -0.3 is 20.3 Å². The lowest BCUT2D eigenvalue weighted by molar-refractivity contribution is 0.0508. The molecule has 3 rings (SSSR count). The third-order valence-electron chi connectivity index (χ3n) is 4.79. The molecule has 0 radical (unpaired) electrons. The van der Waals surface area contributed by atoms with E-state index in [-0.39, 0.29) is 12.0 Å². The molecular formula is C21H26ClN3O2. The molecule has 1 saturated heterocycles. The summed E-state index contributed by atoms with van der Waals surface area (Å²) in [4.78, 5) is 17.1. The minimum Gasteiger partial charge on any atom is -0.399 e.